The Labute approximate surface area is 114 Å². The lowest BCUT2D eigenvalue weighted by atomic mass is 10.1. The number of ether oxygens (including phenoxy) is 1. The maximum absolute atomic E-state index is 11.8. The summed E-state index contributed by atoms with van der Waals surface area (Å²) in [6.07, 6.45) is 2.15. The van der Waals surface area contributed by atoms with Gasteiger partial charge in [0.15, 0.2) is 0 Å². The van der Waals surface area contributed by atoms with Gasteiger partial charge in [-0.2, -0.15) is 0 Å². The lowest BCUT2D eigenvalue weighted by Crippen LogP contribution is -2.41. The Bertz CT molecular complexity index is 482. The van der Waals surface area contributed by atoms with Gasteiger partial charge in [0.1, 0.15) is 0 Å². The van der Waals surface area contributed by atoms with Crippen molar-refractivity contribution in [3.05, 3.63) is 30.6 Å². The molecule has 0 aliphatic carbocycles. The Morgan fingerprint density at radius 3 is 2.53 bits per heavy atom. The highest BCUT2D eigenvalue weighted by atomic mass is 127. The quantitative estimate of drug-likeness (QED) is 0.759. The van der Waals surface area contributed by atoms with E-state index in [9.17, 15) is 9.59 Å². The van der Waals surface area contributed by atoms with Crippen molar-refractivity contribution in [3.8, 4) is 0 Å². The zero-order valence-electron chi connectivity index (χ0n) is 10.5. The van der Waals surface area contributed by atoms with E-state index in [1.807, 2.05) is 36.4 Å². The summed E-state index contributed by atoms with van der Waals surface area (Å²) >= 11 is 1.94. The van der Waals surface area contributed by atoms with Crippen molar-refractivity contribution < 1.29 is 4.74 Å². The van der Waals surface area contributed by atoms with Gasteiger partial charge in [-0.25, -0.2) is 4.79 Å². The monoisotopic (exact) mass is 352 g/mol. The lowest BCUT2D eigenvalue weighted by Gasteiger charge is -2.22. The smallest absolute Gasteiger partial charge is 0.330 e. The minimum absolute atomic E-state index is 0.236. The maximum Gasteiger partial charge on any atom is 0.330 e. The van der Waals surface area contributed by atoms with Crippen molar-refractivity contribution in [2.45, 2.75) is 32.4 Å². The highest BCUT2D eigenvalue weighted by Gasteiger charge is 2.18. The van der Waals surface area contributed by atoms with E-state index in [2.05, 4.69) is 0 Å². The number of nitrogens with zero attached hydrogens (tertiary/aromatic N) is 2. The van der Waals surface area contributed by atoms with Crippen LogP contribution in [0.2, 0.25) is 0 Å². The maximum atomic E-state index is 11.8. The zero-order valence-corrected chi connectivity index (χ0v) is 12.6. The molecule has 96 valence electrons. The van der Waals surface area contributed by atoms with Crippen LogP contribution in [-0.4, -0.2) is 21.8 Å². The first-order valence-electron chi connectivity index (χ1n) is 5.29. The van der Waals surface area contributed by atoms with Crippen LogP contribution in [0.4, 0.5) is 0 Å². The number of aryl methyl sites for hydroxylation is 1. The van der Waals surface area contributed by atoms with E-state index in [-0.39, 0.29) is 16.9 Å². The van der Waals surface area contributed by atoms with Crippen molar-refractivity contribution in [3.63, 3.8) is 0 Å². The number of hydrogen-bond donors (Lipinski definition) is 0. The average Bonchev–Trinajstić information content (AvgIpc) is 2.26. The van der Waals surface area contributed by atoms with Crippen LogP contribution in [0.15, 0.2) is 15.8 Å². The van der Waals surface area contributed by atoms with Gasteiger partial charge in [-0.05, 0) is 42.9 Å². The van der Waals surface area contributed by atoms with Gasteiger partial charge in [0.2, 0.25) is 0 Å². The van der Waals surface area contributed by atoms with Gasteiger partial charge < -0.3 is 9.30 Å². The molecule has 0 atom stereocenters. The minimum Gasteiger partial charge on any atom is -0.379 e. The molecule has 1 rings (SSSR count). The molecule has 0 spiro atoms. The largest absolute Gasteiger partial charge is 0.379 e. The van der Waals surface area contributed by atoms with Gasteiger partial charge in [-0.1, -0.05) is 0 Å². The number of methoxy groups -OCH3 is 1. The van der Waals surface area contributed by atoms with E-state index in [0.717, 1.165) is 0 Å². The molecule has 1 aromatic heterocycles. The van der Waals surface area contributed by atoms with Crippen LogP contribution in [0.1, 0.15) is 20.3 Å². The predicted molar refractivity (Wildman–Crippen MR) is 74.4 cm³/mol. The van der Waals surface area contributed by atoms with Crippen LogP contribution >= 0.6 is 22.6 Å². The molecule has 0 saturated carbocycles. The van der Waals surface area contributed by atoms with Crippen LogP contribution in [0.3, 0.4) is 0 Å². The summed E-state index contributed by atoms with van der Waals surface area (Å²) in [5.41, 5.74) is -0.867. The number of hydrogen-bond acceptors (Lipinski definition) is 3. The first kappa shape index (κ1) is 14.4. The highest BCUT2D eigenvalue weighted by Crippen LogP contribution is 2.12. The zero-order chi connectivity index (χ0) is 13.2. The minimum atomic E-state index is -0.342. The molecule has 0 N–H and O–H groups in total. The second-order valence-corrected chi connectivity index (χ2v) is 5.70. The Hall–Kier alpha value is -0.630. The Kier molecular flexibility index (Phi) is 4.54. The molecule has 1 aromatic rings. The first-order chi connectivity index (χ1) is 7.78. The SMILES string of the molecule is COC(C)(C)CCn1c(=O)c(I)cn(C)c1=O. The standard InChI is InChI=1S/C11H17IN2O3/c1-11(2,17-4)5-6-14-9(15)8(12)7-13(3)10(14)16/h7H,5-6H2,1-4H3. The molecule has 0 saturated heterocycles. The van der Waals surface area contributed by atoms with Crippen molar-refractivity contribution in [2.75, 3.05) is 7.11 Å². The fourth-order valence-corrected chi connectivity index (χ4v) is 2.08. The summed E-state index contributed by atoms with van der Waals surface area (Å²) in [7, 11) is 3.26. The molecule has 0 fully saturated rings. The normalized spacial score (nSPS) is 11.8. The second kappa shape index (κ2) is 5.34. The number of rotatable bonds is 4. The molecule has 0 amide bonds. The Morgan fingerprint density at radius 1 is 1.41 bits per heavy atom. The molecule has 6 heteroatoms. The Balaban J connectivity index is 3.08. The van der Waals surface area contributed by atoms with Crippen LogP contribution in [0, 0.1) is 3.57 Å². The third-order valence-corrected chi connectivity index (χ3v) is 3.52. The fraction of sp³-hybridized carbons (Fsp3) is 0.636. The van der Waals surface area contributed by atoms with Gasteiger partial charge in [-0.15, -0.1) is 0 Å². The summed E-state index contributed by atoms with van der Waals surface area (Å²) in [6.45, 7) is 4.22. The van der Waals surface area contributed by atoms with Crippen molar-refractivity contribution in [2.24, 2.45) is 7.05 Å². The van der Waals surface area contributed by atoms with E-state index >= 15 is 0 Å². The molecule has 5 nitrogen and oxygen atoms in total. The van der Waals surface area contributed by atoms with Gasteiger partial charge in [0.25, 0.3) is 5.56 Å². The lowest BCUT2D eigenvalue weighted by molar-refractivity contribution is 0.0115. The molecule has 0 unspecified atom stereocenters. The molecule has 0 bridgehead atoms. The average molecular weight is 352 g/mol. The van der Waals surface area contributed by atoms with Gasteiger partial charge in [0, 0.05) is 26.9 Å². The van der Waals surface area contributed by atoms with Crippen molar-refractivity contribution in [1.29, 1.82) is 0 Å². The van der Waals surface area contributed by atoms with E-state index in [4.69, 9.17) is 4.74 Å². The predicted octanol–water partition coefficient (Wildman–Crippen LogP) is 0.967. The van der Waals surface area contributed by atoms with E-state index in [0.29, 0.717) is 16.5 Å². The molecular weight excluding hydrogens is 335 g/mol. The van der Waals surface area contributed by atoms with Crippen molar-refractivity contribution in [1.82, 2.24) is 9.13 Å². The van der Waals surface area contributed by atoms with E-state index in [1.165, 1.54) is 9.13 Å². The number of aromatic nitrogens is 2. The van der Waals surface area contributed by atoms with Crippen LogP contribution < -0.4 is 11.2 Å². The van der Waals surface area contributed by atoms with Gasteiger partial charge in [0.05, 0.1) is 9.17 Å². The third-order valence-electron chi connectivity index (χ3n) is 2.78. The molecule has 1 heterocycles. The summed E-state index contributed by atoms with van der Waals surface area (Å²) in [5.74, 6) is 0. The first-order valence-corrected chi connectivity index (χ1v) is 6.37. The summed E-state index contributed by atoms with van der Waals surface area (Å²) < 4.78 is 8.49. The molecule has 0 aliphatic rings. The van der Waals surface area contributed by atoms with Crippen LogP contribution in [0.5, 0.6) is 0 Å². The fourth-order valence-electron chi connectivity index (χ4n) is 1.37. The van der Waals surface area contributed by atoms with Crippen molar-refractivity contribution >= 4 is 22.6 Å². The topological polar surface area (TPSA) is 53.2 Å². The summed E-state index contributed by atoms with van der Waals surface area (Å²) in [6, 6.07) is 0. The van der Waals surface area contributed by atoms with Gasteiger partial charge >= 0.3 is 5.69 Å². The Morgan fingerprint density at radius 2 is 2.00 bits per heavy atom. The molecular formula is C11H17IN2O3. The third kappa shape index (κ3) is 3.41. The van der Waals surface area contributed by atoms with E-state index < -0.39 is 0 Å². The number of halogens is 1. The van der Waals surface area contributed by atoms with E-state index in [1.54, 1.807) is 20.4 Å². The van der Waals surface area contributed by atoms with Crippen LogP contribution in [0.25, 0.3) is 0 Å². The van der Waals surface area contributed by atoms with Crippen LogP contribution in [-0.2, 0) is 18.3 Å². The molecule has 17 heavy (non-hydrogen) atoms. The highest BCUT2D eigenvalue weighted by molar-refractivity contribution is 14.1. The molecule has 0 aromatic carbocycles. The molecule has 0 radical (unpaired) electrons. The van der Waals surface area contributed by atoms with Gasteiger partial charge in [-0.3, -0.25) is 9.36 Å². The molecule has 0 aliphatic heterocycles. The second-order valence-electron chi connectivity index (χ2n) is 4.54. The summed E-state index contributed by atoms with van der Waals surface area (Å²) in [4.78, 5) is 23.7. The summed E-state index contributed by atoms with van der Waals surface area (Å²) in [5, 5.41) is 0.